The van der Waals surface area contributed by atoms with Crippen molar-refractivity contribution in [3.05, 3.63) is 83.3 Å². The molecule has 11 heteroatoms. The molecule has 4 heterocycles. The molecule has 1 aliphatic heterocycles. The fourth-order valence-electron chi connectivity index (χ4n) is 3.94. The van der Waals surface area contributed by atoms with Gasteiger partial charge in [-0.1, -0.05) is 53.7 Å². The van der Waals surface area contributed by atoms with E-state index in [1.54, 1.807) is 24.5 Å². The molecule has 0 saturated carbocycles. The zero-order valence-corrected chi connectivity index (χ0v) is 19.7. The number of rotatable bonds is 6. The summed E-state index contributed by atoms with van der Waals surface area (Å²) in [6.45, 7) is 0. The Morgan fingerprint density at radius 1 is 1.11 bits per heavy atom. The molecule has 1 aliphatic rings. The van der Waals surface area contributed by atoms with Crippen LogP contribution in [0.4, 0.5) is 0 Å². The first kappa shape index (κ1) is 21.6. The molecule has 0 bridgehead atoms. The predicted octanol–water partition coefficient (Wildman–Crippen LogP) is 5.33. The van der Waals surface area contributed by atoms with Crippen LogP contribution in [0.3, 0.4) is 0 Å². The van der Waals surface area contributed by atoms with Gasteiger partial charge in [0.15, 0.2) is 5.69 Å². The van der Waals surface area contributed by atoms with Gasteiger partial charge in [-0.15, -0.1) is 10.2 Å². The number of H-pyrrole nitrogens is 1. The Morgan fingerprint density at radius 2 is 1.97 bits per heavy atom. The molecule has 0 spiro atoms. The quantitative estimate of drug-likeness (QED) is 0.311. The molecule has 2 aromatic carbocycles. The summed E-state index contributed by atoms with van der Waals surface area (Å²) in [4.78, 5) is 13.2. The lowest BCUT2D eigenvalue weighted by Gasteiger charge is -2.19. The average molecular weight is 505 g/mol. The number of halogens is 1. The van der Waals surface area contributed by atoms with Gasteiger partial charge in [-0.05, 0) is 35.9 Å². The number of fused-ring (bicyclic) bond motifs is 1. The Balaban J connectivity index is 1.20. The smallest absolute Gasteiger partial charge is 0.277 e. The number of hydrogen-bond acceptors (Lipinski definition) is 8. The van der Waals surface area contributed by atoms with E-state index in [4.69, 9.17) is 20.4 Å². The molecule has 0 aliphatic carbocycles. The molecular weight excluding hydrogens is 488 g/mol. The SMILES string of the molecule is O=C(CSc1nnc(-c2n[nH]c3ccccc23)o1)N1N=C(c2ccc(Cl)cc2)C[C@@H]1c1ccco1. The van der Waals surface area contributed by atoms with Crippen molar-refractivity contribution in [3.8, 4) is 11.6 Å². The topological polar surface area (TPSA) is 113 Å². The van der Waals surface area contributed by atoms with Crippen molar-refractivity contribution in [2.75, 3.05) is 5.75 Å². The second kappa shape index (κ2) is 9.05. The fourth-order valence-corrected chi connectivity index (χ4v) is 4.68. The molecule has 0 saturated heterocycles. The number of amides is 1. The van der Waals surface area contributed by atoms with Gasteiger partial charge in [0.2, 0.25) is 0 Å². The van der Waals surface area contributed by atoms with Gasteiger partial charge in [-0.2, -0.15) is 10.2 Å². The van der Waals surface area contributed by atoms with E-state index in [0.29, 0.717) is 22.9 Å². The summed E-state index contributed by atoms with van der Waals surface area (Å²) >= 11 is 7.17. The van der Waals surface area contributed by atoms with E-state index in [9.17, 15) is 4.79 Å². The number of para-hydroxylation sites is 1. The zero-order chi connectivity index (χ0) is 23.8. The highest BCUT2D eigenvalue weighted by atomic mass is 35.5. The summed E-state index contributed by atoms with van der Waals surface area (Å²) in [6.07, 6.45) is 2.12. The average Bonchev–Trinajstić information content (AvgIpc) is 3.68. The first-order valence-electron chi connectivity index (χ1n) is 10.7. The molecule has 0 unspecified atom stereocenters. The first-order valence-corrected chi connectivity index (χ1v) is 12.1. The number of hydrazone groups is 1. The van der Waals surface area contributed by atoms with Gasteiger partial charge in [0.1, 0.15) is 11.8 Å². The van der Waals surface area contributed by atoms with Crippen LogP contribution in [-0.2, 0) is 4.79 Å². The van der Waals surface area contributed by atoms with Crippen LogP contribution in [0.1, 0.15) is 23.8 Å². The van der Waals surface area contributed by atoms with Crippen LogP contribution in [-0.4, -0.2) is 42.8 Å². The Labute approximate surface area is 208 Å². The van der Waals surface area contributed by atoms with Gasteiger partial charge in [-0.25, -0.2) is 5.01 Å². The molecule has 3 aromatic heterocycles. The van der Waals surface area contributed by atoms with Crippen molar-refractivity contribution in [1.82, 2.24) is 25.4 Å². The number of thioether (sulfide) groups is 1. The highest BCUT2D eigenvalue weighted by molar-refractivity contribution is 7.99. The number of aromatic amines is 1. The number of nitrogens with one attached hydrogen (secondary N) is 1. The molecule has 5 aromatic rings. The Kier molecular flexibility index (Phi) is 5.59. The van der Waals surface area contributed by atoms with E-state index in [1.807, 2.05) is 42.5 Å². The van der Waals surface area contributed by atoms with Gasteiger partial charge in [0, 0.05) is 16.8 Å². The van der Waals surface area contributed by atoms with Crippen molar-refractivity contribution >= 4 is 45.9 Å². The number of carbonyl (C=O) groups excluding carboxylic acids is 1. The summed E-state index contributed by atoms with van der Waals surface area (Å²) in [6, 6.07) is 18.4. The summed E-state index contributed by atoms with van der Waals surface area (Å²) in [5.74, 6) is 0.819. The molecule has 1 atom stereocenters. The minimum atomic E-state index is -0.336. The van der Waals surface area contributed by atoms with Crippen LogP contribution < -0.4 is 0 Å². The molecule has 0 fully saturated rings. The van der Waals surface area contributed by atoms with Crippen molar-refractivity contribution in [2.24, 2.45) is 5.10 Å². The van der Waals surface area contributed by atoms with Crippen LogP contribution in [0.25, 0.3) is 22.5 Å². The molecular formula is C24H17ClN6O3S. The molecule has 0 radical (unpaired) electrons. The van der Waals surface area contributed by atoms with Crippen LogP contribution in [0.2, 0.25) is 5.02 Å². The van der Waals surface area contributed by atoms with Gasteiger partial charge in [0.25, 0.3) is 17.0 Å². The first-order chi connectivity index (χ1) is 17.2. The van der Waals surface area contributed by atoms with Crippen molar-refractivity contribution < 1.29 is 13.6 Å². The van der Waals surface area contributed by atoms with Gasteiger partial charge < -0.3 is 8.83 Å². The Morgan fingerprint density at radius 3 is 2.80 bits per heavy atom. The minimum absolute atomic E-state index is 0.0670. The fraction of sp³-hybridized carbons (Fsp3) is 0.125. The van der Waals surface area contributed by atoms with Gasteiger partial charge >= 0.3 is 0 Å². The lowest BCUT2D eigenvalue weighted by molar-refractivity contribution is -0.130. The second-order valence-electron chi connectivity index (χ2n) is 7.81. The number of furan rings is 1. The maximum atomic E-state index is 13.2. The second-order valence-corrected chi connectivity index (χ2v) is 9.17. The summed E-state index contributed by atoms with van der Waals surface area (Å²) in [7, 11) is 0. The Hall–Kier alpha value is -3.89. The van der Waals surface area contributed by atoms with E-state index in [2.05, 4.69) is 25.5 Å². The van der Waals surface area contributed by atoms with E-state index in [0.717, 1.165) is 33.9 Å². The van der Waals surface area contributed by atoms with Crippen molar-refractivity contribution in [1.29, 1.82) is 0 Å². The molecule has 6 rings (SSSR count). The van der Waals surface area contributed by atoms with Crippen molar-refractivity contribution in [2.45, 2.75) is 17.7 Å². The number of hydrogen-bond donors (Lipinski definition) is 1. The van der Waals surface area contributed by atoms with Gasteiger partial charge in [-0.3, -0.25) is 9.89 Å². The number of aromatic nitrogens is 4. The third-order valence-corrected chi connectivity index (χ3v) is 6.67. The summed E-state index contributed by atoms with van der Waals surface area (Å²) in [5.41, 5.74) is 3.13. The molecule has 35 heavy (non-hydrogen) atoms. The molecule has 1 amide bonds. The normalized spacial score (nSPS) is 15.6. The summed E-state index contributed by atoms with van der Waals surface area (Å²) < 4.78 is 11.4. The number of nitrogens with zero attached hydrogens (tertiary/aromatic N) is 5. The number of carbonyl (C=O) groups is 1. The maximum absolute atomic E-state index is 13.2. The number of benzene rings is 2. The predicted molar refractivity (Wildman–Crippen MR) is 131 cm³/mol. The highest BCUT2D eigenvalue weighted by Gasteiger charge is 2.35. The van der Waals surface area contributed by atoms with E-state index in [-0.39, 0.29) is 28.8 Å². The molecule has 174 valence electrons. The van der Waals surface area contributed by atoms with Crippen LogP contribution in [0.5, 0.6) is 0 Å². The van der Waals surface area contributed by atoms with Crippen LogP contribution >= 0.6 is 23.4 Å². The van der Waals surface area contributed by atoms with E-state index >= 15 is 0 Å². The minimum Gasteiger partial charge on any atom is -0.467 e. The summed E-state index contributed by atoms with van der Waals surface area (Å²) in [5, 5.41) is 23.3. The third kappa shape index (κ3) is 4.22. The van der Waals surface area contributed by atoms with E-state index < -0.39 is 0 Å². The van der Waals surface area contributed by atoms with E-state index in [1.165, 1.54) is 5.01 Å². The maximum Gasteiger partial charge on any atom is 0.277 e. The molecule has 9 nitrogen and oxygen atoms in total. The third-order valence-electron chi connectivity index (χ3n) is 5.61. The van der Waals surface area contributed by atoms with Crippen molar-refractivity contribution in [3.63, 3.8) is 0 Å². The largest absolute Gasteiger partial charge is 0.467 e. The zero-order valence-electron chi connectivity index (χ0n) is 18.1. The highest BCUT2D eigenvalue weighted by Crippen LogP contribution is 2.34. The lowest BCUT2D eigenvalue weighted by Crippen LogP contribution is -2.28. The molecule has 1 N–H and O–H groups in total. The van der Waals surface area contributed by atoms with Gasteiger partial charge in [0.05, 0.1) is 23.2 Å². The Bertz CT molecular complexity index is 1530. The standard InChI is InChI=1S/C24H17ClN6O3S/c25-15-9-7-14(8-10-15)18-12-19(20-6-3-11-33-20)31(30-18)21(32)13-35-24-29-28-23(34-24)22-16-4-1-2-5-17(16)26-27-22/h1-11,19H,12-13H2,(H,26,27)/t19-/m1/s1. The van der Waals surface area contributed by atoms with Crippen LogP contribution in [0, 0.1) is 0 Å². The monoisotopic (exact) mass is 504 g/mol. The lowest BCUT2D eigenvalue weighted by atomic mass is 10.0. The van der Waals surface area contributed by atoms with Crippen LogP contribution in [0.15, 0.2) is 86.1 Å².